The first-order chi connectivity index (χ1) is 6.00. The Morgan fingerprint density at radius 2 is 1.69 bits per heavy atom. The van der Waals surface area contributed by atoms with E-state index in [1.54, 1.807) is 0 Å². The maximum atomic E-state index is 10.7. The maximum absolute atomic E-state index is 10.7. The highest BCUT2D eigenvalue weighted by atomic mass is 16.3. The summed E-state index contributed by atoms with van der Waals surface area (Å²) in [6.45, 7) is 1.40. The van der Waals surface area contributed by atoms with Gasteiger partial charge in [-0.15, -0.1) is 0 Å². The molecule has 0 saturated heterocycles. The van der Waals surface area contributed by atoms with E-state index in [2.05, 4.69) is 0 Å². The van der Waals surface area contributed by atoms with Gasteiger partial charge in [0.15, 0.2) is 17.2 Å². The van der Waals surface area contributed by atoms with E-state index in [1.165, 1.54) is 19.1 Å². The van der Waals surface area contributed by atoms with Crippen molar-refractivity contribution in [2.75, 3.05) is 0 Å². The van der Waals surface area contributed by atoms with Crippen molar-refractivity contribution in [2.24, 2.45) is 0 Å². The number of phenols is 3. The predicted molar refractivity (Wildman–Crippen MR) is 45.8 cm³/mol. The van der Waals surface area contributed by atoms with Crippen LogP contribution in [0.4, 0.5) is 0 Å². The standard InChI is InChI=1S/C9H10O4/c1-5(10)2-6-3-7(11)9(13)8(12)4-6/h3-4,11-13H,2H2,1H3. The summed E-state index contributed by atoms with van der Waals surface area (Å²) >= 11 is 0. The molecule has 4 heteroatoms. The molecule has 0 atom stereocenters. The molecule has 1 aromatic rings. The van der Waals surface area contributed by atoms with E-state index < -0.39 is 17.2 Å². The third kappa shape index (κ3) is 2.11. The topological polar surface area (TPSA) is 77.8 Å². The average molecular weight is 182 g/mol. The molecule has 13 heavy (non-hydrogen) atoms. The highest BCUT2D eigenvalue weighted by molar-refractivity contribution is 5.78. The van der Waals surface area contributed by atoms with Crippen LogP contribution in [0, 0.1) is 0 Å². The second-order valence-electron chi connectivity index (χ2n) is 2.86. The van der Waals surface area contributed by atoms with Gasteiger partial charge in [0.25, 0.3) is 0 Å². The van der Waals surface area contributed by atoms with E-state index in [4.69, 9.17) is 15.3 Å². The summed E-state index contributed by atoms with van der Waals surface area (Å²) in [5, 5.41) is 27.1. The van der Waals surface area contributed by atoms with Crippen LogP contribution in [0.15, 0.2) is 12.1 Å². The Labute approximate surface area is 75.1 Å². The first kappa shape index (κ1) is 9.38. The molecular weight excluding hydrogens is 172 g/mol. The number of benzene rings is 1. The van der Waals surface area contributed by atoms with Crippen LogP contribution in [0.2, 0.25) is 0 Å². The minimum absolute atomic E-state index is 0.0792. The van der Waals surface area contributed by atoms with Crippen molar-refractivity contribution in [1.29, 1.82) is 0 Å². The van der Waals surface area contributed by atoms with Crippen LogP contribution in [-0.4, -0.2) is 21.1 Å². The van der Waals surface area contributed by atoms with Crippen molar-refractivity contribution in [3.05, 3.63) is 17.7 Å². The van der Waals surface area contributed by atoms with Gasteiger partial charge in [0.05, 0.1) is 0 Å². The minimum Gasteiger partial charge on any atom is -0.504 e. The van der Waals surface area contributed by atoms with Crippen molar-refractivity contribution in [3.63, 3.8) is 0 Å². The van der Waals surface area contributed by atoms with E-state index in [0.717, 1.165) is 0 Å². The van der Waals surface area contributed by atoms with E-state index in [9.17, 15) is 4.79 Å². The molecular formula is C9H10O4. The van der Waals surface area contributed by atoms with Crippen LogP contribution in [-0.2, 0) is 11.2 Å². The number of aromatic hydroxyl groups is 3. The molecule has 0 aliphatic heterocycles. The summed E-state index contributed by atoms with van der Waals surface area (Å²) in [4.78, 5) is 10.7. The van der Waals surface area contributed by atoms with Crippen molar-refractivity contribution in [1.82, 2.24) is 0 Å². The second-order valence-corrected chi connectivity index (χ2v) is 2.86. The molecule has 0 aliphatic carbocycles. The number of ketones is 1. The minimum atomic E-state index is -0.563. The third-order valence-corrected chi connectivity index (χ3v) is 1.58. The summed E-state index contributed by atoms with van der Waals surface area (Å²) in [6, 6.07) is 2.49. The van der Waals surface area contributed by atoms with Gasteiger partial charge in [0, 0.05) is 6.42 Å². The first-order valence-electron chi connectivity index (χ1n) is 3.74. The van der Waals surface area contributed by atoms with Gasteiger partial charge in [0.1, 0.15) is 5.78 Å². The maximum Gasteiger partial charge on any atom is 0.200 e. The summed E-state index contributed by atoms with van der Waals surface area (Å²) in [7, 11) is 0. The quantitative estimate of drug-likeness (QED) is 0.594. The number of hydrogen-bond acceptors (Lipinski definition) is 4. The van der Waals surface area contributed by atoms with Gasteiger partial charge in [-0.1, -0.05) is 0 Å². The lowest BCUT2D eigenvalue weighted by Crippen LogP contribution is -1.95. The SMILES string of the molecule is CC(=O)Cc1cc(O)c(O)c(O)c1. The van der Waals surface area contributed by atoms with Gasteiger partial charge in [-0.25, -0.2) is 0 Å². The summed E-state index contributed by atoms with van der Waals surface area (Å²) in [5.74, 6) is -1.48. The van der Waals surface area contributed by atoms with E-state index in [0.29, 0.717) is 5.56 Å². The fraction of sp³-hybridized carbons (Fsp3) is 0.222. The van der Waals surface area contributed by atoms with Crippen molar-refractivity contribution in [3.8, 4) is 17.2 Å². The largest absolute Gasteiger partial charge is 0.504 e. The molecule has 0 aliphatic rings. The van der Waals surface area contributed by atoms with Gasteiger partial charge in [0.2, 0.25) is 0 Å². The number of hydrogen-bond donors (Lipinski definition) is 3. The molecule has 70 valence electrons. The molecule has 0 bridgehead atoms. The van der Waals surface area contributed by atoms with Crippen LogP contribution in [0.5, 0.6) is 17.2 Å². The molecule has 0 heterocycles. The Morgan fingerprint density at radius 1 is 1.23 bits per heavy atom. The zero-order valence-corrected chi connectivity index (χ0v) is 7.11. The van der Waals surface area contributed by atoms with Crippen molar-refractivity contribution >= 4 is 5.78 Å². The molecule has 0 amide bonds. The van der Waals surface area contributed by atoms with Crippen LogP contribution in [0.1, 0.15) is 12.5 Å². The lowest BCUT2D eigenvalue weighted by atomic mass is 10.1. The van der Waals surface area contributed by atoms with E-state index in [1.807, 2.05) is 0 Å². The van der Waals surface area contributed by atoms with Crippen LogP contribution < -0.4 is 0 Å². The number of Topliss-reactive ketones (excluding diaryl/α,β-unsaturated/α-hetero) is 1. The van der Waals surface area contributed by atoms with Gasteiger partial charge in [-0.3, -0.25) is 4.79 Å². The smallest absolute Gasteiger partial charge is 0.200 e. The van der Waals surface area contributed by atoms with Crippen LogP contribution in [0.3, 0.4) is 0 Å². The molecule has 0 radical (unpaired) electrons. The number of phenolic OH excluding ortho intramolecular Hbond substituents is 3. The van der Waals surface area contributed by atoms with Crippen LogP contribution >= 0.6 is 0 Å². The lowest BCUT2D eigenvalue weighted by molar-refractivity contribution is -0.116. The zero-order valence-electron chi connectivity index (χ0n) is 7.11. The van der Waals surface area contributed by atoms with Gasteiger partial charge in [-0.05, 0) is 24.6 Å². The molecule has 0 aromatic heterocycles. The highest BCUT2D eigenvalue weighted by Crippen LogP contribution is 2.35. The summed E-state index contributed by atoms with van der Waals surface area (Å²) in [5.41, 5.74) is 0.473. The number of carbonyl (C=O) groups is 1. The Balaban J connectivity index is 3.06. The highest BCUT2D eigenvalue weighted by Gasteiger charge is 2.08. The average Bonchev–Trinajstić information content (AvgIpc) is 1.98. The van der Waals surface area contributed by atoms with Crippen molar-refractivity contribution in [2.45, 2.75) is 13.3 Å². The molecule has 1 aromatic carbocycles. The fourth-order valence-electron chi connectivity index (χ4n) is 1.05. The van der Waals surface area contributed by atoms with E-state index >= 15 is 0 Å². The zero-order chi connectivity index (χ0) is 10.0. The molecule has 1 rings (SSSR count). The Bertz CT molecular complexity index is 320. The number of rotatable bonds is 2. The first-order valence-corrected chi connectivity index (χ1v) is 3.74. The Kier molecular flexibility index (Phi) is 2.41. The van der Waals surface area contributed by atoms with Gasteiger partial charge >= 0.3 is 0 Å². The molecule has 3 N–H and O–H groups in total. The van der Waals surface area contributed by atoms with Gasteiger partial charge in [-0.2, -0.15) is 0 Å². The summed E-state index contributed by atoms with van der Waals surface area (Å²) in [6.07, 6.45) is 0.126. The molecule has 0 saturated carbocycles. The normalized spacial score (nSPS) is 9.92. The summed E-state index contributed by atoms with van der Waals surface area (Å²) < 4.78 is 0. The fourth-order valence-corrected chi connectivity index (χ4v) is 1.05. The Morgan fingerprint density at radius 3 is 2.08 bits per heavy atom. The van der Waals surface area contributed by atoms with E-state index in [-0.39, 0.29) is 12.2 Å². The molecule has 0 spiro atoms. The monoisotopic (exact) mass is 182 g/mol. The lowest BCUT2D eigenvalue weighted by Gasteiger charge is -2.03. The molecule has 0 unspecified atom stereocenters. The van der Waals surface area contributed by atoms with Gasteiger partial charge < -0.3 is 15.3 Å². The van der Waals surface area contributed by atoms with Crippen LogP contribution in [0.25, 0.3) is 0 Å². The molecule has 4 nitrogen and oxygen atoms in total. The van der Waals surface area contributed by atoms with Crippen molar-refractivity contribution < 1.29 is 20.1 Å². The third-order valence-electron chi connectivity index (χ3n) is 1.58. The molecule has 0 fully saturated rings. The number of carbonyl (C=O) groups excluding carboxylic acids is 1. The second kappa shape index (κ2) is 3.35. The Hall–Kier alpha value is -1.71. The predicted octanol–water partition coefficient (Wildman–Crippen LogP) is 0.935.